The number of piperidine rings is 1. The van der Waals surface area contributed by atoms with Gasteiger partial charge in [-0.15, -0.1) is 11.3 Å². The molecule has 0 spiro atoms. The van der Waals surface area contributed by atoms with Crippen LogP contribution < -0.4 is 4.84 Å². The van der Waals surface area contributed by atoms with E-state index < -0.39 is 11.7 Å². The molecule has 18 heavy (non-hydrogen) atoms. The zero-order valence-corrected chi connectivity index (χ0v) is 10.5. The van der Waals surface area contributed by atoms with Crippen LogP contribution in [0, 0.1) is 0 Å². The average Bonchev–Trinajstić information content (AvgIpc) is 2.92. The molecule has 96 valence electrons. The Morgan fingerprint density at radius 3 is 2.94 bits per heavy atom. The van der Waals surface area contributed by atoms with Crippen molar-refractivity contribution in [2.75, 3.05) is 7.05 Å². The van der Waals surface area contributed by atoms with E-state index in [0.717, 1.165) is 15.5 Å². The van der Waals surface area contributed by atoms with Gasteiger partial charge < -0.3 is 4.84 Å². The van der Waals surface area contributed by atoms with E-state index in [4.69, 9.17) is 4.84 Å². The lowest BCUT2D eigenvalue weighted by Crippen LogP contribution is -2.60. The number of hydroxylamine groups is 2. The van der Waals surface area contributed by atoms with Crippen molar-refractivity contribution < 1.29 is 18.8 Å². The first kappa shape index (κ1) is 11.6. The lowest BCUT2D eigenvalue weighted by molar-refractivity contribution is -0.217. The third kappa shape index (κ3) is 1.47. The fourth-order valence-corrected chi connectivity index (χ4v) is 2.90. The number of carbonyl (C=O) groups is 2. The highest BCUT2D eigenvalue weighted by molar-refractivity contribution is 7.08. The van der Waals surface area contributed by atoms with Gasteiger partial charge in [-0.1, -0.05) is 5.06 Å². The zero-order chi connectivity index (χ0) is 12.9. The molecule has 0 N–H and O–H groups in total. The van der Waals surface area contributed by atoms with Crippen LogP contribution in [-0.4, -0.2) is 34.6 Å². The van der Waals surface area contributed by atoms with E-state index >= 15 is 0 Å². The summed E-state index contributed by atoms with van der Waals surface area (Å²) in [5, 5.41) is 4.66. The fraction of sp³-hybridized carbons (Fsp3) is 0.455. The highest BCUT2D eigenvalue weighted by atomic mass is 32.1. The molecule has 1 aromatic rings. The predicted octanol–water partition coefficient (Wildman–Crippen LogP) is 1.30. The first-order chi connectivity index (χ1) is 8.52. The highest BCUT2D eigenvalue weighted by Gasteiger charge is 2.54. The lowest BCUT2D eigenvalue weighted by Gasteiger charge is -2.37. The number of halogens is 1. The van der Waals surface area contributed by atoms with Crippen LogP contribution >= 0.6 is 11.3 Å². The molecule has 7 heteroatoms. The Kier molecular flexibility index (Phi) is 2.43. The van der Waals surface area contributed by atoms with Gasteiger partial charge in [0, 0.05) is 30.8 Å². The van der Waals surface area contributed by atoms with E-state index in [0.29, 0.717) is 5.75 Å². The summed E-state index contributed by atoms with van der Waals surface area (Å²) in [7, 11) is 1.30. The van der Waals surface area contributed by atoms with Crippen molar-refractivity contribution in [3.63, 3.8) is 0 Å². The maximum atomic E-state index is 14.8. The Bertz CT molecular complexity index is 512. The Labute approximate surface area is 107 Å². The molecule has 0 aliphatic carbocycles. The fourth-order valence-electron chi connectivity index (χ4n) is 2.16. The number of imide groups is 1. The van der Waals surface area contributed by atoms with Crippen molar-refractivity contribution in [1.82, 2.24) is 9.96 Å². The molecule has 0 bridgehead atoms. The molecule has 0 unspecified atom stereocenters. The molecule has 0 radical (unpaired) electrons. The number of likely N-dealkylation sites (tertiary alicyclic amines) is 1. The van der Waals surface area contributed by atoms with E-state index in [1.807, 2.05) is 5.38 Å². The molecule has 0 aromatic carbocycles. The monoisotopic (exact) mass is 270 g/mol. The molecule has 1 saturated heterocycles. The Hall–Kier alpha value is -1.47. The summed E-state index contributed by atoms with van der Waals surface area (Å²) in [4.78, 5) is 29.5. The first-order valence-corrected chi connectivity index (χ1v) is 6.47. The van der Waals surface area contributed by atoms with E-state index in [1.54, 1.807) is 5.38 Å². The average molecular weight is 270 g/mol. The summed E-state index contributed by atoms with van der Waals surface area (Å²) < 4.78 is 14.8. The number of thiophene rings is 1. The summed E-state index contributed by atoms with van der Waals surface area (Å²) in [5.74, 6) is -2.88. The molecule has 5 nitrogen and oxygen atoms in total. The third-order valence-electron chi connectivity index (χ3n) is 3.30. The van der Waals surface area contributed by atoms with E-state index in [9.17, 15) is 14.0 Å². The minimum atomic E-state index is -2.25. The molecule has 2 aliphatic heterocycles. The lowest BCUT2D eigenvalue weighted by atomic mass is 10.0. The normalized spacial score (nSPS) is 28.4. The maximum Gasteiger partial charge on any atom is 0.285 e. The van der Waals surface area contributed by atoms with Gasteiger partial charge in [-0.3, -0.25) is 14.5 Å². The van der Waals surface area contributed by atoms with Crippen LogP contribution in [0.25, 0.3) is 0 Å². The number of alkyl halides is 1. The minimum Gasteiger partial charge on any atom is -0.401 e. The van der Waals surface area contributed by atoms with Gasteiger partial charge in [-0.05, 0) is 5.38 Å². The van der Waals surface area contributed by atoms with Crippen molar-refractivity contribution >= 4 is 23.2 Å². The van der Waals surface area contributed by atoms with E-state index in [2.05, 4.69) is 0 Å². The van der Waals surface area contributed by atoms with E-state index in [-0.39, 0.29) is 25.3 Å². The second-order valence-corrected chi connectivity index (χ2v) is 5.15. The van der Waals surface area contributed by atoms with Crippen molar-refractivity contribution in [1.29, 1.82) is 0 Å². The van der Waals surface area contributed by atoms with Gasteiger partial charge in [-0.2, -0.15) is 0 Å². The molecule has 0 saturated carbocycles. The number of rotatable bonds is 1. The molecule has 3 heterocycles. The van der Waals surface area contributed by atoms with Crippen molar-refractivity contribution in [2.24, 2.45) is 0 Å². The molecular weight excluding hydrogens is 259 g/mol. The molecule has 1 aromatic heterocycles. The number of nitrogens with zero attached hydrogens (tertiary/aromatic N) is 2. The molecule has 2 amide bonds. The van der Waals surface area contributed by atoms with Crippen molar-refractivity contribution in [2.45, 2.75) is 25.2 Å². The summed E-state index contributed by atoms with van der Waals surface area (Å²) in [6, 6.07) is 0. The zero-order valence-electron chi connectivity index (χ0n) is 9.68. The Morgan fingerprint density at radius 2 is 2.22 bits per heavy atom. The summed E-state index contributed by atoms with van der Waals surface area (Å²) >= 11 is 1.47. The van der Waals surface area contributed by atoms with Gasteiger partial charge in [-0.25, -0.2) is 4.39 Å². The van der Waals surface area contributed by atoms with Crippen molar-refractivity contribution in [3.05, 3.63) is 16.3 Å². The Balaban J connectivity index is 1.86. The van der Waals surface area contributed by atoms with Crippen LogP contribution in [0.2, 0.25) is 0 Å². The number of carbonyl (C=O) groups excluding carboxylic acids is 2. The molecule has 3 rings (SSSR count). The number of fused-ring (bicyclic) bond motifs is 1. The van der Waals surface area contributed by atoms with E-state index in [1.165, 1.54) is 18.4 Å². The van der Waals surface area contributed by atoms with Gasteiger partial charge in [0.25, 0.3) is 11.7 Å². The predicted molar refractivity (Wildman–Crippen MR) is 61.3 cm³/mol. The topological polar surface area (TPSA) is 49.9 Å². The quantitative estimate of drug-likeness (QED) is 0.570. The molecule has 1 atom stereocenters. The molecular formula is C11H11FN2O3S. The van der Waals surface area contributed by atoms with Gasteiger partial charge in [0.1, 0.15) is 0 Å². The Morgan fingerprint density at radius 1 is 1.44 bits per heavy atom. The minimum absolute atomic E-state index is 0.00540. The first-order valence-electron chi connectivity index (χ1n) is 5.53. The van der Waals surface area contributed by atoms with Gasteiger partial charge >= 0.3 is 0 Å². The maximum absolute atomic E-state index is 14.8. The second-order valence-electron chi connectivity index (χ2n) is 4.41. The third-order valence-corrected chi connectivity index (χ3v) is 4.07. The van der Waals surface area contributed by atoms with Crippen LogP contribution in [0.15, 0.2) is 10.8 Å². The second kappa shape index (κ2) is 3.76. The summed E-state index contributed by atoms with van der Waals surface area (Å²) in [6.45, 7) is 0.225. The highest BCUT2D eigenvalue weighted by Crippen LogP contribution is 2.39. The standard InChI is InChI=1S/C11H11FN2O3S/c1-13-9(15)2-3-11(12,10(13)16)14-4-7-5-18-6-8(7)17-14/h5-6H,2-4H2,1H3/t11-/m0/s1. The SMILES string of the molecule is CN1C(=O)CC[C@](F)(N2Cc3cscc3O2)C1=O. The van der Waals surface area contributed by atoms with Crippen LogP contribution in [-0.2, 0) is 16.1 Å². The number of hydrogen-bond donors (Lipinski definition) is 0. The number of hydrogen-bond acceptors (Lipinski definition) is 5. The summed E-state index contributed by atoms with van der Waals surface area (Å²) in [5.41, 5.74) is 0.865. The molecule has 1 fully saturated rings. The van der Waals surface area contributed by atoms with Crippen LogP contribution in [0.4, 0.5) is 4.39 Å². The van der Waals surface area contributed by atoms with Gasteiger partial charge in [0.05, 0.1) is 6.54 Å². The smallest absolute Gasteiger partial charge is 0.285 e. The van der Waals surface area contributed by atoms with Crippen molar-refractivity contribution in [3.8, 4) is 5.75 Å². The van der Waals surface area contributed by atoms with Gasteiger partial charge in [0.15, 0.2) is 5.75 Å². The molecule has 2 aliphatic rings. The van der Waals surface area contributed by atoms with Crippen LogP contribution in [0.5, 0.6) is 5.75 Å². The van der Waals surface area contributed by atoms with Gasteiger partial charge in [0.2, 0.25) is 5.91 Å². The number of likely N-dealkylation sites (N-methyl/N-ethyl adjacent to an activating group) is 1. The van der Waals surface area contributed by atoms with Crippen LogP contribution in [0.3, 0.4) is 0 Å². The summed E-state index contributed by atoms with van der Waals surface area (Å²) in [6.07, 6.45) is -0.159. The van der Waals surface area contributed by atoms with Crippen LogP contribution in [0.1, 0.15) is 18.4 Å². The number of amides is 2. The largest absolute Gasteiger partial charge is 0.401 e.